The molecular formula is C34H38ClF3NOP. The quantitative estimate of drug-likeness (QED) is 0.143. The van der Waals surface area contributed by atoms with E-state index >= 15 is 0 Å². The van der Waals surface area contributed by atoms with Crippen molar-refractivity contribution in [3.05, 3.63) is 118 Å². The summed E-state index contributed by atoms with van der Waals surface area (Å²) in [5.41, 5.74) is 3.46. The Morgan fingerprint density at radius 2 is 1.80 bits per heavy atom. The van der Waals surface area contributed by atoms with E-state index in [0.29, 0.717) is 40.4 Å². The summed E-state index contributed by atoms with van der Waals surface area (Å²) in [5.74, 6) is 0.951. The summed E-state index contributed by atoms with van der Waals surface area (Å²) in [6, 6.07) is 20.8. The molecule has 1 aliphatic rings. The molecule has 0 aromatic heterocycles. The van der Waals surface area contributed by atoms with Gasteiger partial charge in [0.15, 0.2) is 0 Å². The fraction of sp³-hybridized carbons (Fsp3) is 0.353. The number of aryl methyl sites for hydroxylation is 1. The van der Waals surface area contributed by atoms with Crippen LogP contribution in [0.5, 0.6) is 5.75 Å². The van der Waals surface area contributed by atoms with Gasteiger partial charge in [0.1, 0.15) is 5.75 Å². The Hall–Kier alpha value is -2.59. The van der Waals surface area contributed by atoms with Crippen molar-refractivity contribution >= 4 is 25.5 Å². The second kappa shape index (κ2) is 15.0. The van der Waals surface area contributed by atoms with Gasteiger partial charge < -0.3 is 4.74 Å². The Morgan fingerprint density at radius 1 is 1.00 bits per heavy atom. The Morgan fingerprint density at radius 3 is 2.49 bits per heavy atom. The summed E-state index contributed by atoms with van der Waals surface area (Å²) in [5, 5.41) is 1.10. The van der Waals surface area contributed by atoms with Crippen LogP contribution in [-0.2, 0) is 19.1 Å². The lowest BCUT2D eigenvalue weighted by atomic mass is 9.87. The van der Waals surface area contributed by atoms with Crippen LogP contribution < -0.4 is 10.0 Å². The molecule has 3 aromatic rings. The summed E-state index contributed by atoms with van der Waals surface area (Å²) in [4.78, 5) is 2.21. The lowest BCUT2D eigenvalue weighted by Crippen LogP contribution is -2.31. The van der Waals surface area contributed by atoms with Crippen molar-refractivity contribution in [1.82, 2.24) is 4.90 Å². The smallest absolute Gasteiger partial charge is 0.417 e. The highest BCUT2D eigenvalue weighted by Gasteiger charge is 2.34. The molecule has 218 valence electrons. The molecular weight excluding hydrogens is 562 g/mol. The lowest BCUT2D eigenvalue weighted by molar-refractivity contribution is -0.137. The van der Waals surface area contributed by atoms with Crippen molar-refractivity contribution in [1.29, 1.82) is 0 Å². The molecule has 0 aliphatic heterocycles. The van der Waals surface area contributed by atoms with E-state index in [2.05, 4.69) is 61.0 Å². The van der Waals surface area contributed by atoms with Gasteiger partial charge in [0, 0.05) is 25.6 Å². The Kier molecular flexibility index (Phi) is 11.5. The van der Waals surface area contributed by atoms with E-state index in [0.717, 1.165) is 37.5 Å². The van der Waals surface area contributed by atoms with Crippen LogP contribution in [0.1, 0.15) is 54.4 Å². The first-order chi connectivity index (χ1) is 19.8. The average molecular weight is 600 g/mol. The zero-order valence-electron chi connectivity index (χ0n) is 23.7. The lowest BCUT2D eigenvalue weighted by Gasteiger charge is -2.30. The predicted molar refractivity (Wildman–Crippen MR) is 167 cm³/mol. The van der Waals surface area contributed by atoms with Crippen LogP contribution in [0.3, 0.4) is 0 Å². The minimum Gasteiger partial charge on any atom is -0.494 e. The molecule has 2 atom stereocenters. The van der Waals surface area contributed by atoms with Crippen molar-refractivity contribution in [3.8, 4) is 5.75 Å². The Labute approximate surface area is 249 Å². The van der Waals surface area contributed by atoms with Gasteiger partial charge in [0.05, 0.1) is 17.2 Å². The molecule has 0 spiro atoms. The number of rotatable bonds is 13. The fourth-order valence-electron chi connectivity index (χ4n) is 5.30. The monoisotopic (exact) mass is 599 g/mol. The average Bonchev–Trinajstić information content (AvgIpc) is 2.99. The molecule has 0 heterocycles. The van der Waals surface area contributed by atoms with Gasteiger partial charge in [-0.05, 0) is 78.1 Å². The third-order valence-electron chi connectivity index (χ3n) is 7.47. The van der Waals surface area contributed by atoms with Crippen LogP contribution in [0, 0.1) is 0 Å². The molecule has 7 heteroatoms. The van der Waals surface area contributed by atoms with E-state index in [1.807, 2.05) is 24.3 Å². The number of hydrogen-bond donors (Lipinski definition) is 0. The van der Waals surface area contributed by atoms with E-state index in [-0.39, 0.29) is 10.9 Å². The molecule has 0 fully saturated rings. The van der Waals surface area contributed by atoms with Crippen molar-refractivity contribution in [2.45, 2.75) is 51.2 Å². The molecule has 0 radical (unpaired) electrons. The second-order valence-corrected chi connectivity index (χ2v) is 11.7. The number of ether oxygens (including phenoxy) is 1. The number of halogens is 4. The number of nitrogens with zero attached hydrogens (tertiary/aromatic N) is 1. The van der Waals surface area contributed by atoms with Crippen molar-refractivity contribution < 1.29 is 17.9 Å². The molecule has 0 amide bonds. The van der Waals surface area contributed by atoms with Crippen molar-refractivity contribution in [2.24, 2.45) is 0 Å². The first-order valence-electron chi connectivity index (χ1n) is 14.2. The molecule has 3 aromatic carbocycles. The normalized spacial score (nSPS) is 14.6. The molecule has 0 bridgehead atoms. The van der Waals surface area contributed by atoms with Crippen molar-refractivity contribution in [3.63, 3.8) is 0 Å². The van der Waals surface area contributed by atoms with Crippen LogP contribution in [-0.4, -0.2) is 31.3 Å². The van der Waals surface area contributed by atoms with Crippen LogP contribution in [0.25, 0.3) is 0 Å². The van der Waals surface area contributed by atoms with Crippen LogP contribution in [0.4, 0.5) is 13.2 Å². The molecule has 0 N–H and O–H groups in total. The number of hydrogen-bond acceptors (Lipinski definition) is 2. The number of benzene rings is 3. The van der Waals surface area contributed by atoms with E-state index in [4.69, 9.17) is 16.3 Å². The van der Waals surface area contributed by atoms with Crippen LogP contribution in [0.2, 0.25) is 5.02 Å². The molecule has 2 nitrogen and oxygen atoms in total. The highest BCUT2D eigenvalue weighted by atomic mass is 35.5. The highest BCUT2D eigenvalue weighted by Crippen LogP contribution is 2.37. The summed E-state index contributed by atoms with van der Waals surface area (Å²) < 4.78 is 47.0. The summed E-state index contributed by atoms with van der Waals surface area (Å²) in [7, 11) is 0.704. The fourth-order valence-corrected chi connectivity index (χ4v) is 6.46. The zero-order chi connectivity index (χ0) is 29.2. The zero-order valence-corrected chi connectivity index (χ0v) is 25.4. The van der Waals surface area contributed by atoms with E-state index in [1.54, 1.807) is 6.07 Å². The van der Waals surface area contributed by atoms with Gasteiger partial charge in [-0.15, -0.1) is 0 Å². The van der Waals surface area contributed by atoms with E-state index in [9.17, 15) is 13.2 Å². The maximum absolute atomic E-state index is 13.6. The maximum atomic E-state index is 13.6. The topological polar surface area (TPSA) is 12.5 Å². The Balaban J connectivity index is 1.54. The molecule has 4 rings (SSSR count). The number of allylic oxidation sites excluding steroid dienone is 3. The molecule has 0 saturated heterocycles. The van der Waals surface area contributed by atoms with Gasteiger partial charge in [-0.25, -0.2) is 0 Å². The van der Waals surface area contributed by atoms with Crippen LogP contribution in [0.15, 0.2) is 90.5 Å². The van der Waals surface area contributed by atoms with E-state index in [1.165, 1.54) is 28.1 Å². The van der Waals surface area contributed by atoms with Crippen LogP contribution >= 0.6 is 20.2 Å². The SMILES string of the molecule is CCc1ccc(OCCCN(Cc2cccc(C(F)(F)F)c2Cl)CC(C2=CCCC=C2)c2ccccc2)cc1PC. The van der Waals surface area contributed by atoms with Gasteiger partial charge in [0.2, 0.25) is 0 Å². The summed E-state index contributed by atoms with van der Waals surface area (Å²) >= 11 is 6.34. The first kappa shape index (κ1) is 31.3. The highest BCUT2D eigenvalue weighted by molar-refractivity contribution is 7.46. The third-order valence-corrected chi connectivity index (χ3v) is 8.92. The molecule has 0 saturated carbocycles. The van der Waals surface area contributed by atoms with Crippen molar-refractivity contribution in [2.75, 3.05) is 26.4 Å². The standard InChI is InChI=1S/C34H38ClF3NOP/c1-3-25-18-19-29(22-32(25)41-2)40-21-11-20-39(23-28-16-10-17-31(33(28)35)34(36,37)38)24-30(26-12-6-4-7-13-26)27-14-8-5-9-15-27/h4,6-8,10,12-19,22,30,41H,3,5,9,11,20-21,23-24H2,1-2H3. The van der Waals surface area contributed by atoms with Gasteiger partial charge in [-0.3, -0.25) is 4.90 Å². The maximum Gasteiger partial charge on any atom is 0.417 e. The van der Waals surface area contributed by atoms with Gasteiger partial charge >= 0.3 is 6.18 Å². The van der Waals surface area contributed by atoms with E-state index < -0.39 is 11.7 Å². The van der Waals surface area contributed by atoms with Gasteiger partial charge in [-0.2, -0.15) is 13.2 Å². The minimum absolute atomic E-state index is 0.0907. The molecule has 2 unspecified atom stereocenters. The summed E-state index contributed by atoms with van der Waals surface area (Å²) in [6.07, 6.45) is 5.89. The Bertz CT molecular complexity index is 1340. The summed E-state index contributed by atoms with van der Waals surface area (Å²) in [6.45, 7) is 6.47. The second-order valence-electron chi connectivity index (χ2n) is 10.3. The number of alkyl halides is 3. The van der Waals surface area contributed by atoms with Gasteiger partial charge in [0.25, 0.3) is 0 Å². The predicted octanol–water partition coefficient (Wildman–Crippen LogP) is 9.19. The minimum atomic E-state index is -4.50. The third kappa shape index (κ3) is 8.70. The van der Waals surface area contributed by atoms with Gasteiger partial charge in [-0.1, -0.05) is 93.9 Å². The largest absolute Gasteiger partial charge is 0.494 e. The molecule has 1 aliphatic carbocycles. The first-order valence-corrected chi connectivity index (χ1v) is 16.1. The molecule has 41 heavy (non-hydrogen) atoms.